The second kappa shape index (κ2) is 9.17. The van der Waals surface area contributed by atoms with Crippen LogP contribution >= 0.6 is 22.9 Å². The number of carbonyl (C=O) groups is 2. The zero-order chi connectivity index (χ0) is 20.9. The fourth-order valence-corrected chi connectivity index (χ4v) is 4.77. The van der Waals surface area contributed by atoms with Gasteiger partial charge in [-0.05, 0) is 24.8 Å². The average Bonchev–Trinajstić information content (AvgIpc) is 3.01. The number of nitrogens with one attached hydrogen (secondary N) is 2. The molecule has 0 aliphatic heterocycles. The van der Waals surface area contributed by atoms with Gasteiger partial charge in [0.25, 0.3) is 10.0 Å². The van der Waals surface area contributed by atoms with Gasteiger partial charge in [-0.2, -0.15) is 4.98 Å². The highest BCUT2D eigenvalue weighted by Crippen LogP contribution is 2.27. The Bertz CT molecular complexity index is 992. The van der Waals surface area contributed by atoms with Gasteiger partial charge >= 0.3 is 12.0 Å². The topological polar surface area (TPSA) is 137 Å². The SMILES string of the molecule is COc1cc(C)nc(NC(=O)NS(=O)(=O)c2c(C)csc2C(=O)OCCCl)n1. The number of hydrogen-bond donors (Lipinski definition) is 2. The summed E-state index contributed by atoms with van der Waals surface area (Å²) in [4.78, 5) is 31.6. The predicted octanol–water partition coefficient (Wildman–Crippen LogP) is 2.07. The fourth-order valence-electron chi connectivity index (χ4n) is 2.11. The van der Waals surface area contributed by atoms with E-state index in [1.807, 2.05) is 4.72 Å². The van der Waals surface area contributed by atoms with Crippen LogP contribution in [0.1, 0.15) is 20.9 Å². The van der Waals surface area contributed by atoms with Gasteiger partial charge in [-0.25, -0.2) is 27.7 Å². The summed E-state index contributed by atoms with van der Waals surface area (Å²) in [6, 6.07) is 0.436. The van der Waals surface area contributed by atoms with Crippen LogP contribution < -0.4 is 14.8 Å². The molecule has 2 heterocycles. The Morgan fingerprint density at radius 1 is 1.29 bits per heavy atom. The van der Waals surface area contributed by atoms with Gasteiger partial charge < -0.3 is 9.47 Å². The summed E-state index contributed by atoms with van der Waals surface area (Å²) in [5.74, 6) is -0.720. The average molecular weight is 449 g/mol. The van der Waals surface area contributed by atoms with Gasteiger partial charge in [0, 0.05) is 11.8 Å². The number of hydrogen-bond acceptors (Lipinski definition) is 9. The van der Waals surface area contributed by atoms with Crippen molar-refractivity contribution in [1.29, 1.82) is 0 Å². The van der Waals surface area contributed by atoms with Crippen LogP contribution in [0.4, 0.5) is 10.7 Å². The molecule has 0 aliphatic carbocycles. The Balaban J connectivity index is 2.22. The number of alkyl halides is 1. The number of anilines is 1. The third-order valence-electron chi connectivity index (χ3n) is 3.17. The minimum atomic E-state index is -4.37. The number of thiophene rings is 1. The highest BCUT2D eigenvalue weighted by atomic mass is 35.5. The first kappa shape index (κ1) is 21.9. The Hall–Kier alpha value is -2.44. The molecule has 13 heteroatoms. The number of aryl methyl sites for hydroxylation is 2. The molecule has 0 spiro atoms. The van der Waals surface area contributed by atoms with E-state index in [0.717, 1.165) is 11.3 Å². The van der Waals surface area contributed by atoms with E-state index in [-0.39, 0.29) is 39.7 Å². The van der Waals surface area contributed by atoms with Gasteiger partial charge in [0.05, 0.1) is 13.0 Å². The van der Waals surface area contributed by atoms with Crippen LogP contribution in [0.3, 0.4) is 0 Å². The Kier molecular flexibility index (Phi) is 7.16. The van der Waals surface area contributed by atoms with Crippen molar-refractivity contribution in [3.63, 3.8) is 0 Å². The number of amides is 2. The largest absolute Gasteiger partial charge is 0.481 e. The molecule has 0 fully saturated rings. The van der Waals surface area contributed by atoms with Crippen molar-refractivity contribution in [2.45, 2.75) is 18.7 Å². The van der Waals surface area contributed by atoms with Crippen molar-refractivity contribution in [2.24, 2.45) is 0 Å². The van der Waals surface area contributed by atoms with Gasteiger partial charge in [-0.1, -0.05) is 0 Å². The summed E-state index contributed by atoms with van der Waals surface area (Å²) in [7, 11) is -2.98. The number of esters is 1. The van der Waals surface area contributed by atoms with Crippen LogP contribution in [0.15, 0.2) is 16.3 Å². The standard InChI is InChI=1S/C15H17ClN4O6S2/c1-8-7-27-11(13(21)26-5-4-16)12(8)28(23,24)20-15(22)19-14-17-9(2)6-10(18-14)25-3/h6-7H,4-5H2,1-3H3,(H2,17,18,19,20,22). The molecule has 0 atom stereocenters. The second-order valence-electron chi connectivity index (χ2n) is 5.34. The highest BCUT2D eigenvalue weighted by Gasteiger charge is 2.29. The van der Waals surface area contributed by atoms with E-state index in [1.165, 1.54) is 25.5 Å². The van der Waals surface area contributed by atoms with Gasteiger partial charge in [0.2, 0.25) is 11.8 Å². The van der Waals surface area contributed by atoms with Crippen molar-refractivity contribution in [1.82, 2.24) is 14.7 Å². The maximum atomic E-state index is 12.6. The number of sulfonamides is 1. The molecule has 2 aromatic rings. The minimum Gasteiger partial charge on any atom is -0.481 e. The molecule has 2 amide bonds. The van der Waals surface area contributed by atoms with E-state index in [4.69, 9.17) is 21.1 Å². The van der Waals surface area contributed by atoms with Crippen LogP contribution in [0.25, 0.3) is 0 Å². The molecule has 0 bridgehead atoms. The van der Waals surface area contributed by atoms with E-state index in [9.17, 15) is 18.0 Å². The van der Waals surface area contributed by atoms with E-state index in [1.54, 1.807) is 6.92 Å². The quantitative estimate of drug-likeness (QED) is 0.485. The normalized spacial score (nSPS) is 11.0. The maximum Gasteiger partial charge on any atom is 0.349 e. The highest BCUT2D eigenvalue weighted by molar-refractivity contribution is 7.90. The lowest BCUT2D eigenvalue weighted by Gasteiger charge is -2.10. The number of aromatic nitrogens is 2. The van der Waals surface area contributed by atoms with Crippen molar-refractivity contribution in [3.05, 3.63) is 27.6 Å². The number of ether oxygens (including phenoxy) is 2. The molecule has 28 heavy (non-hydrogen) atoms. The zero-order valence-corrected chi connectivity index (χ0v) is 17.5. The smallest absolute Gasteiger partial charge is 0.349 e. The first-order valence-corrected chi connectivity index (χ1v) is 10.6. The van der Waals surface area contributed by atoms with Crippen LogP contribution in [0, 0.1) is 13.8 Å². The molecule has 0 saturated heterocycles. The number of urea groups is 1. The van der Waals surface area contributed by atoms with Gasteiger partial charge in [-0.15, -0.1) is 22.9 Å². The molecule has 0 aliphatic rings. The summed E-state index contributed by atoms with van der Waals surface area (Å²) >= 11 is 6.36. The third kappa shape index (κ3) is 5.30. The number of halogens is 1. The second-order valence-corrected chi connectivity index (χ2v) is 8.21. The van der Waals surface area contributed by atoms with Crippen molar-refractivity contribution < 1.29 is 27.5 Å². The third-order valence-corrected chi connectivity index (χ3v) is 6.05. The first-order chi connectivity index (χ1) is 13.2. The van der Waals surface area contributed by atoms with Crippen LogP contribution in [-0.2, 0) is 14.8 Å². The molecule has 10 nitrogen and oxygen atoms in total. The van der Waals surface area contributed by atoms with Gasteiger partial charge in [0.15, 0.2) is 0 Å². The number of carbonyl (C=O) groups excluding carboxylic acids is 2. The van der Waals surface area contributed by atoms with E-state index in [0.29, 0.717) is 5.69 Å². The van der Waals surface area contributed by atoms with Crippen molar-refractivity contribution >= 4 is 50.9 Å². The molecule has 0 saturated carbocycles. The summed E-state index contributed by atoms with van der Waals surface area (Å²) in [5, 5.41) is 3.69. The first-order valence-electron chi connectivity index (χ1n) is 7.72. The molecule has 0 aromatic carbocycles. The van der Waals surface area contributed by atoms with Gasteiger partial charge in [-0.3, -0.25) is 5.32 Å². The van der Waals surface area contributed by atoms with Crippen LogP contribution in [-0.4, -0.2) is 50.0 Å². The molecule has 0 unspecified atom stereocenters. The number of methoxy groups -OCH3 is 1. The monoisotopic (exact) mass is 448 g/mol. The minimum absolute atomic E-state index is 0.0682. The lowest BCUT2D eigenvalue weighted by Crippen LogP contribution is -2.35. The van der Waals surface area contributed by atoms with Crippen molar-refractivity contribution in [2.75, 3.05) is 24.9 Å². The number of nitrogens with zero attached hydrogens (tertiary/aromatic N) is 2. The number of rotatable bonds is 7. The zero-order valence-electron chi connectivity index (χ0n) is 15.1. The Morgan fingerprint density at radius 2 is 2.00 bits per heavy atom. The molecule has 2 N–H and O–H groups in total. The molecule has 2 rings (SSSR count). The summed E-state index contributed by atoms with van der Waals surface area (Å²) in [6.07, 6.45) is 0. The van der Waals surface area contributed by atoms with E-state index in [2.05, 4.69) is 15.3 Å². The van der Waals surface area contributed by atoms with Gasteiger partial charge in [0.1, 0.15) is 16.4 Å². The van der Waals surface area contributed by atoms with Crippen molar-refractivity contribution in [3.8, 4) is 5.88 Å². The summed E-state index contributed by atoms with van der Waals surface area (Å²) in [5.41, 5.74) is 0.791. The van der Waals surface area contributed by atoms with E-state index < -0.39 is 22.0 Å². The Labute approximate surface area is 170 Å². The maximum absolute atomic E-state index is 12.6. The fraction of sp³-hybridized carbons (Fsp3) is 0.333. The molecule has 152 valence electrons. The Morgan fingerprint density at radius 3 is 2.64 bits per heavy atom. The van der Waals surface area contributed by atoms with E-state index >= 15 is 0 Å². The molecule has 0 radical (unpaired) electrons. The predicted molar refractivity (Wildman–Crippen MR) is 103 cm³/mol. The van der Waals surface area contributed by atoms with Crippen LogP contribution in [0.5, 0.6) is 5.88 Å². The molecular weight excluding hydrogens is 432 g/mol. The summed E-state index contributed by atoms with van der Waals surface area (Å²) in [6.45, 7) is 3.07. The molecular formula is C15H17ClN4O6S2. The summed E-state index contributed by atoms with van der Waals surface area (Å²) < 4.78 is 37.0. The lowest BCUT2D eigenvalue weighted by molar-refractivity contribution is 0.0530. The lowest BCUT2D eigenvalue weighted by atomic mass is 10.3. The molecule has 2 aromatic heterocycles. The van der Waals surface area contributed by atoms with Crippen LogP contribution in [0.2, 0.25) is 0 Å².